The number of primary amides is 1. The Morgan fingerprint density at radius 3 is 1.63 bits per heavy atom. The van der Waals surface area contributed by atoms with E-state index in [2.05, 4.69) is 126 Å². The molecule has 2 aliphatic carbocycles. The molecule has 0 spiro atoms. The number of nitrogens with one attached hydrogen (secondary N) is 6. The number of ether oxygens (including phenoxy) is 4. The van der Waals surface area contributed by atoms with Crippen LogP contribution in [0.5, 0.6) is 17.2 Å². The predicted molar refractivity (Wildman–Crippen MR) is 433 cm³/mol. The van der Waals surface area contributed by atoms with Crippen LogP contribution in [0, 0.1) is 24.7 Å². The number of nitrogens with two attached hydrogens (primary N) is 1. The van der Waals surface area contributed by atoms with Crippen LogP contribution >= 0.6 is 56.2 Å². The number of carbonyl (C=O) groups excluding carboxylic acids is 2. The Bertz CT molecular complexity index is 4700. The van der Waals surface area contributed by atoms with E-state index in [1.165, 1.54) is 78.4 Å². The molecule has 8 N–H and O–H groups in total. The number of rotatable bonds is 22. The quantitative estimate of drug-likeness (QED) is 0.0188. The van der Waals surface area contributed by atoms with Gasteiger partial charge in [0.15, 0.2) is 17.5 Å². The Kier molecular flexibility index (Phi) is 25.8. The van der Waals surface area contributed by atoms with Crippen molar-refractivity contribution in [3.8, 4) is 17.2 Å². The van der Waals surface area contributed by atoms with Gasteiger partial charge < -0.3 is 85.0 Å². The number of esters is 1. The van der Waals surface area contributed by atoms with Gasteiger partial charge in [0.2, 0.25) is 23.8 Å². The number of piperazine rings is 1. The van der Waals surface area contributed by atoms with Crippen molar-refractivity contribution in [2.45, 2.75) is 38.3 Å². The number of benzene rings is 5. The monoisotopic (exact) mass is 1570 g/mol. The van der Waals surface area contributed by atoms with Crippen LogP contribution in [-0.2, 0) is 23.2 Å². The van der Waals surface area contributed by atoms with E-state index < -0.39 is 27.4 Å². The van der Waals surface area contributed by atoms with Crippen molar-refractivity contribution in [2.24, 2.45) is 23.5 Å². The minimum atomic E-state index is -2.45. The lowest BCUT2D eigenvalue weighted by Crippen LogP contribution is -2.52. The number of amides is 1. The minimum absolute atomic E-state index is 0.146. The third kappa shape index (κ3) is 19.9. The van der Waals surface area contributed by atoms with Crippen molar-refractivity contribution in [1.29, 1.82) is 0 Å². The summed E-state index contributed by atoms with van der Waals surface area (Å²) in [6, 6.07) is 30.2. The van der Waals surface area contributed by atoms with Gasteiger partial charge in [-0.15, -0.1) is 0 Å². The number of aromatic nitrogens is 6. The molecule has 6 heterocycles. The number of nitrogens with zero attached hydrogens (tertiary/aromatic N) is 10. The van der Waals surface area contributed by atoms with E-state index in [9.17, 15) is 23.3 Å². The van der Waals surface area contributed by atoms with Gasteiger partial charge >= 0.3 is 5.97 Å². The second-order valence-corrected chi connectivity index (χ2v) is 38.8. The Morgan fingerprint density at radius 2 is 1.06 bits per heavy atom. The molecular formula is C75H93Cl3N17O9P3. The first kappa shape index (κ1) is 79.5. The third-order valence-corrected chi connectivity index (χ3v) is 26.9. The van der Waals surface area contributed by atoms with E-state index in [-0.39, 0.29) is 40.7 Å². The normalized spacial score (nSPS) is 18.7. The fraction of sp³-hybridized carbons (Fsp3) is 0.387. The first-order valence-corrected chi connectivity index (χ1v) is 43.6. The van der Waals surface area contributed by atoms with Crippen molar-refractivity contribution in [3.05, 3.63) is 154 Å². The van der Waals surface area contributed by atoms with Crippen molar-refractivity contribution in [1.82, 2.24) is 44.6 Å². The molecule has 5 aromatic carbocycles. The molecular weight excluding hydrogens is 1480 g/mol. The van der Waals surface area contributed by atoms with Crippen LogP contribution in [0.3, 0.4) is 0 Å². The third-order valence-electron chi connectivity index (χ3n) is 19.9. The number of methoxy groups -OCH3 is 4. The summed E-state index contributed by atoms with van der Waals surface area (Å²) in [7, 11) is 2.98. The average Bonchev–Trinajstić information content (AvgIpc) is 1.59. The van der Waals surface area contributed by atoms with Crippen LogP contribution < -0.4 is 72.7 Å². The van der Waals surface area contributed by atoms with Crippen LogP contribution in [0.15, 0.2) is 128 Å². The molecule has 2 bridgehead atoms. The molecule has 26 nitrogen and oxygen atoms in total. The number of halogens is 3. The zero-order valence-electron chi connectivity index (χ0n) is 61.9. The van der Waals surface area contributed by atoms with E-state index in [0.29, 0.717) is 103 Å². The Labute approximate surface area is 640 Å². The summed E-state index contributed by atoms with van der Waals surface area (Å²) in [6.45, 7) is 17.6. The molecule has 3 aliphatic heterocycles. The molecule has 13 rings (SSSR count). The zero-order chi connectivity index (χ0) is 76.5. The first-order chi connectivity index (χ1) is 51.1. The Hall–Kier alpha value is -8.54. The fourth-order valence-electron chi connectivity index (χ4n) is 13.7. The van der Waals surface area contributed by atoms with E-state index in [1.54, 1.807) is 76.4 Å². The minimum Gasteiger partial charge on any atom is -0.495 e. The van der Waals surface area contributed by atoms with Gasteiger partial charge in [-0.1, -0.05) is 47.0 Å². The summed E-state index contributed by atoms with van der Waals surface area (Å²) < 4.78 is 59.3. The van der Waals surface area contributed by atoms with Gasteiger partial charge in [0.25, 0.3) is 0 Å². The van der Waals surface area contributed by atoms with Gasteiger partial charge in [-0.05, 0) is 181 Å². The lowest BCUT2D eigenvalue weighted by atomic mass is 9.88. The predicted octanol–water partition coefficient (Wildman–Crippen LogP) is 13.0. The fourth-order valence-corrected chi connectivity index (χ4v) is 18.6. The summed E-state index contributed by atoms with van der Waals surface area (Å²) in [5.41, 5.74) is 12.0. The van der Waals surface area contributed by atoms with Crippen LogP contribution in [-0.4, -0.2) is 202 Å². The number of likely N-dealkylation sites (N-methyl/N-ethyl adjacent to an activating group) is 1. The van der Waals surface area contributed by atoms with E-state index >= 15 is 0 Å². The molecule has 3 saturated heterocycles. The van der Waals surface area contributed by atoms with Gasteiger partial charge in [-0.25, -0.2) is 19.7 Å². The first-order valence-electron chi connectivity index (χ1n) is 35.1. The topological polar surface area (TPSA) is 311 Å². The SMILES string of the molecule is COC(=O)c1ccc(Nc2nc(Nc3ccc(P(C)(C)=O)cc3OC)ncc2Cl)c(OC)c1.COc1cc(P2(=O)CCN(C)CC2)ccc1Nc1ncc(Cl)c(NC2C3C=CC(C3)C2C(N)=O)n1.Cc1cc(N2CCC(N3CCN(C)CC3)CC2)ccc1Nc1ncc(Cl)c(Nc2ccc(P(C)(C)=O)cc2)n1. The second-order valence-electron chi connectivity index (χ2n) is 28.0. The second kappa shape index (κ2) is 34.8. The summed E-state index contributed by atoms with van der Waals surface area (Å²) in [5, 5.41) is 22.7. The van der Waals surface area contributed by atoms with Crippen molar-refractivity contribution in [3.63, 3.8) is 0 Å². The molecule has 8 aromatic rings. The molecule has 107 heavy (non-hydrogen) atoms. The highest BCUT2D eigenvalue weighted by Crippen LogP contribution is 2.49. The van der Waals surface area contributed by atoms with Gasteiger partial charge in [0.1, 0.15) is 53.7 Å². The summed E-state index contributed by atoms with van der Waals surface area (Å²) >= 11 is 19.1. The molecule has 0 radical (unpaired) electrons. The van der Waals surface area contributed by atoms with Gasteiger partial charge in [-0.2, -0.15) is 15.0 Å². The van der Waals surface area contributed by atoms with Crippen LogP contribution in [0.1, 0.15) is 35.2 Å². The van der Waals surface area contributed by atoms with Gasteiger partial charge in [0, 0.05) is 110 Å². The molecule has 32 heteroatoms. The molecule has 4 unspecified atom stereocenters. The maximum absolute atomic E-state index is 13.5. The average molecular weight is 1580 g/mol. The van der Waals surface area contributed by atoms with Crippen LogP contribution in [0.25, 0.3) is 0 Å². The molecule has 1 saturated carbocycles. The molecule has 5 aliphatic rings. The van der Waals surface area contributed by atoms with Crippen LogP contribution in [0.2, 0.25) is 15.1 Å². The summed E-state index contributed by atoms with van der Waals surface area (Å²) in [4.78, 5) is 60.2. The summed E-state index contributed by atoms with van der Waals surface area (Å²) in [5.74, 6) is 3.04. The molecule has 1 amide bonds. The van der Waals surface area contributed by atoms with Gasteiger partial charge in [-0.3, -0.25) is 9.69 Å². The highest BCUT2D eigenvalue weighted by molar-refractivity contribution is 7.71. The number of carbonyl (C=O) groups is 2. The number of fused-ring (bicyclic) bond motifs is 2. The largest absolute Gasteiger partial charge is 0.495 e. The standard InChI is InChI=1S/C29H39ClN7OP.C24H30ClN6O3P.C22H24ClN4O5P/c1-21-19-24(36-13-11-23(12-14-36)37-17-15-35(2)16-18-37)7-10-27(21)33-29-31-20-26(30)28(34-29)32-22-5-8-25(9-6-22)39(3,4)38;1-31-7-9-35(33,10-8-31)16-5-6-18(19(12-16)34-2)28-24-27-13-17(25)23(30-24)29-21-15-4-3-14(11-15)20(21)22(26)32;1-30-18-10-13(21(28)32-3)6-8-16(18)25-20-15(23)12-24-22(27-20)26-17-9-7-14(33(4,5)29)11-19(17)31-2/h5-10,19-20,23H,11-18H2,1-4H3,(H2,31,32,33,34);3-6,12-15,20-21H,7-11H2,1-2H3,(H2,26,32)(H2,27,28,29,30);6-12H,1-5H3,(H2,24,25,26,27). The number of allylic oxidation sites excluding steroid dienone is 1. The van der Waals surface area contributed by atoms with E-state index in [1.807, 2.05) is 49.5 Å². The van der Waals surface area contributed by atoms with Gasteiger partial charge in [0.05, 0.1) is 75.6 Å². The molecule has 4 fully saturated rings. The Morgan fingerprint density at radius 1 is 0.561 bits per heavy atom. The van der Waals surface area contributed by atoms with Crippen molar-refractivity contribution < 1.29 is 42.2 Å². The van der Waals surface area contributed by atoms with Crippen molar-refractivity contribution >= 4 is 153 Å². The van der Waals surface area contributed by atoms with Crippen molar-refractivity contribution in [2.75, 3.05) is 171 Å². The molecule has 4 atom stereocenters. The van der Waals surface area contributed by atoms with E-state index in [0.717, 1.165) is 60.1 Å². The van der Waals surface area contributed by atoms with Crippen LogP contribution in [0.4, 0.5) is 69.4 Å². The highest BCUT2D eigenvalue weighted by Gasteiger charge is 2.48. The number of hydrogen-bond donors (Lipinski definition) is 7. The maximum atomic E-state index is 13.5. The molecule has 568 valence electrons. The smallest absolute Gasteiger partial charge is 0.337 e. The highest BCUT2D eigenvalue weighted by atomic mass is 35.5. The lowest BCUT2D eigenvalue weighted by molar-refractivity contribution is -0.122. The lowest BCUT2D eigenvalue weighted by Gasteiger charge is -2.42. The number of hydrogen-bond acceptors (Lipinski definition) is 25. The summed E-state index contributed by atoms with van der Waals surface area (Å²) in [6.07, 6.45) is 13.4. The number of anilines is 12. The molecule has 3 aromatic heterocycles. The maximum Gasteiger partial charge on any atom is 0.337 e. The number of aryl methyl sites for hydroxylation is 1. The zero-order valence-corrected chi connectivity index (χ0v) is 66.9. The Balaban J connectivity index is 0.000000161. The number of piperidine rings is 1. The van der Waals surface area contributed by atoms with E-state index in [4.69, 9.17) is 59.5 Å².